The highest BCUT2D eigenvalue weighted by Crippen LogP contribution is 2.21. The minimum absolute atomic E-state index is 0.257. The smallest absolute Gasteiger partial charge is 0.224 e. The number of likely N-dealkylation sites (N-methyl/N-ethyl adjacent to an activating group) is 1. The van der Waals surface area contributed by atoms with Crippen molar-refractivity contribution in [3.63, 3.8) is 0 Å². The van der Waals surface area contributed by atoms with E-state index in [1.165, 1.54) is 12.8 Å². The van der Waals surface area contributed by atoms with Gasteiger partial charge in [-0.1, -0.05) is 13.3 Å². The van der Waals surface area contributed by atoms with Gasteiger partial charge in [-0.3, -0.25) is 4.79 Å². The molecule has 2 aliphatic heterocycles. The van der Waals surface area contributed by atoms with Crippen molar-refractivity contribution in [1.29, 1.82) is 0 Å². The van der Waals surface area contributed by atoms with E-state index in [1.807, 2.05) is 0 Å². The first kappa shape index (κ1) is 9.00. The second kappa shape index (κ2) is 3.66. The summed E-state index contributed by atoms with van der Waals surface area (Å²) in [6, 6.07) is 0.417. The summed E-state index contributed by atoms with van der Waals surface area (Å²) in [4.78, 5) is 14.0. The molecule has 3 nitrogen and oxygen atoms in total. The van der Waals surface area contributed by atoms with Gasteiger partial charge in [0.1, 0.15) is 0 Å². The maximum atomic E-state index is 11.6. The van der Waals surface area contributed by atoms with Crippen molar-refractivity contribution in [3.8, 4) is 0 Å². The molecular formula is C10H18N2O. The van der Waals surface area contributed by atoms with Crippen LogP contribution in [0.3, 0.4) is 0 Å². The third-order valence-corrected chi connectivity index (χ3v) is 3.23. The Bertz CT molecular complexity index is 205. The average Bonchev–Trinajstić information content (AvgIpc) is 2.32. The lowest BCUT2D eigenvalue weighted by Crippen LogP contribution is -2.38. The first-order valence-corrected chi connectivity index (χ1v) is 5.32. The summed E-state index contributed by atoms with van der Waals surface area (Å²) in [5.74, 6) is 0.547. The van der Waals surface area contributed by atoms with Crippen molar-refractivity contribution in [2.45, 2.75) is 32.2 Å². The van der Waals surface area contributed by atoms with Crippen LogP contribution >= 0.6 is 0 Å². The summed E-state index contributed by atoms with van der Waals surface area (Å²) in [6.07, 6.45) is 3.46. The molecule has 0 aliphatic carbocycles. The highest BCUT2D eigenvalue weighted by molar-refractivity contribution is 5.79. The Labute approximate surface area is 79.5 Å². The van der Waals surface area contributed by atoms with Gasteiger partial charge in [-0.25, -0.2) is 0 Å². The Morgan fingerprint density at radius 1 is 1.46 bits per heavy atom. The molecule has 2 aliphatic rings. The highest BCUT2D eigenvalue weighted by Gasteiger charge is 2.31. The number of nitrogens with zero attached hydrogens (tertiary/aromatic N) is 1. The van der Waals surface area contributed by atoms with Crippen LogP contribution in [0.25, 0.3) is 0 Å². The Balaban J connectivity index is 2.12. The van der Waals surface area contributed by atoms with E-state index in [1.54, 1.807) is 0 Å². The van der Waals surface area contributed by atoms with Crippen molar-refractivity contribution in [2.75, 3.05) is 19.6 Å². The number of fused-ring (bicyclic) bond motifs is 3. The van der Waals surface area contributed by atoms with E-state index in [9.17, 15) is 4.79 Å². The largest absolute Gasteiger partial charge is 0.352 e. The first-order chi connectivity index (χ1) is 6.29. The molecule has 0 aromatic heterocycles. The summed E-state index contributed by atoms with van der Waals surface area (Å²) in [7, 11) is 0. The molecule has 2 bridgehead atoms. The van der Waals surface area contributed by atoms with E-state index < -0.39 is 0 Å². The van der Waals surface area contributed by atoms with Crippen molar-refractivity contribution in [1.82, 2.24) is 10.2 Å². The molecule has 2 saturated heterocycles. The van der Waals surface area contributed by atoms with E-state index >= 15 is 0 Å². The van der Waals surface area contributed by atoms with Gasteiger partial charge < -0.3 is 10.2 Å². The molecule has 0 radical (unpaired) electrons. The summed E-state index contributed by atoms with van der Waals surface area (Å²) in [6.45, 7) is 5.27. The molecule has 1 N–H and O–H groups in total. The van der Waals surface area contributed by atoms with Gasteiger partial charge in [0.25, 0.3) is 0 Å². The van der Waals surface area contributed by atoms with Crippen molar-refractivity contribution in [2.24, 2.45) is 5.92 Å². The summed E-state index contributed by atoms with van der Waals surface area (Å²) >= 11 is 0. The van der Waals surface area contributed by atoms with Crippen LogP contribution in [-0.2, 0) is 4.79 Å². The normalized spacial score (nSPS) is 35.3. The van der Waals surface area contributed by atoms with Gasteiger partial charge in [0.2, 0.25) is 5.91 Å². The van der Waals surface area contributed by atoms with Crippen LogP contribution < -0.4 is 5.32 Å². The minimum Gasteiger partial charge on any atom is -0.352 e. The number of carbonyl (C=O) groups excluding carboxylic acids is 1. The van der Waals surface area contributed by atoms with Crippen LogP contribution in [0.1, 0.15) is 26.2 Å². The summed E-state index contributed by atoms with van der Waals surface area (Å²) in [5, 5.41) is 3.12. The zero-order valence-electron chi connectivity index (χ0n) is 8.25. The number of hydrogen-bond donors (Lipinski definition) is 1. The predicted molar refractivity (Wildman–Crippen MR) is 51.4 cm³/mol. The van der Waals surface area contributed by atoms with E-state index in [0.29, 0.717) is 11.9 Å². The molecule has 2 rings (SSSR count). The van der Waals surface area contributed by atoms with E-state index in [0.717, 1.165) is 26.1 Å². The zero-order chi connectivity index (χ0) is 9.26. The van der Waals surface area contributed by atoms with Gasteiger partial charge in [-0.05, 0) is 19.4 Å². The lowest BCUT2D eigenvalue weighted by atomic mass is 9.99. The van der Waals surface area contributed by atoms with Gasteiger partial charge in [-0.2, -0.15) is 0 Å². The Hall–Kier alpha value is -0.570. The molecule has 2 atom stereocenters. The zero-order valence-corrected chi connectivity index (χ0v) is 8.25. The van der Waals surface area contributed by atoms with Gasteiger partial charge >= 0.3 is 0 Å². The van der Waals surface area contributed by atoms with Crippen LogP contribution in [0.5, 0.6) is 0 Å². The maximum Gasteiger partial charge on any atom is 0.224 e. The van der Waals surface area contributed by atoms with Crippen molar-refractivity contribution >= 4 is 5.91 Å². The Morgan fingerprint density at radius 2 is 2.31 bits per heavy atom. The molecule has 2 heterocycles. The van der Waals surface area contributed by atoms with Crippen LogP contribution in [-0.4, -0.2) is 36.5 Å². The molecule has 1 amide bonds. The maximum absolute atomic E-state index is 11.6. The second-order valence-electron chi connectivity index (χ2n) is 4.19. The number of likely N-dealkylation sites (tertiary alicyclic amines) is 1. The first-order valence-electron chi connectivity index (χ1n) is 5.32. The van der Waals surface area contributed by atoms with Crippen LogP contribution in [0, 0.1) is 5.92 Å². The molecule has 0 aromatic carbocycles. The number of carbonyl (C=O) groups is 1. The molecule has 13 heavy (non-hydrogen) atoms. The summed E-state index contributed by atoms with van der Waals surface area (Å²) in [5.41, 5.74) is 0. The van der Waals surface area contributed by atoms with Gasteiger partial charge in [0.05, 0.1) is 5.92 Å². The van der Waals surface area contributed by atoms with Crippen LogP contribution in [0.2, 0.25) is 0 Å². The molecule has 0 aromatic rings. The molecule has 2 unspecified atom stereocenters. The standard InChI is InChI=1S/C10H18N2O/c1-2-12-6-8-4-3-5-9(7-12)11-10(8)13/h8-9H,2-7H2,1H3,(H,11,13). The van der Waals surface area contributed by atoms with Gasteiger partial charge in [0.15, 0.2) is 0 Å². The third-order valence-electron chi connectivity index (χ3n) is 3.23. The number of hydrogen-bond acceptors (Lipinski definition) is 2. The van der Waals surface area contributed by atoms with Crippen LogP contribution in [0.4, 0.5) is 0 Å². The molecule has 3 heteroatoms. The third kappa shape index (κ3) is 1.85. The summed E-state index contributed by atoms with van der Waals surface area (Å²) < 4.78 is 0. The minimum atomic E-state index is 0.257. The molecule has 74 valence electrons. The lowest BCUT2D eigenvalue weighted by Gasteiger charge is -2.25. The molecule has 0 saturated carbocycles. The number of nitrogens with one attached hydrogen (secondary N) is 1. The van der Waals surface area contributed by atoms with E-state index in [-0.39, 0.29) is 5.92 Å². The van der Waals surface area contributed by atoms with Crippen molar-refractivity contribution in [3.05, 3.63) is 0 Å². The Kier molecular flexibility index (Phi) is 2.54. The van der Waals surface area contributed by atoms with Gasteiger partial charge in [0, 0.05) is 19.1 Å². The Morgan fingerprint density at radius 3 is 3.08 bits per heavy atom. The quantitative estimate of drug-likeness (QED) is 0.644. The number of rotatable bonds is 1. The molecular weight excluding hydrogens is 164 g/mol. The monoisotopic (exact) mass is 182 g/mol. The number of amides is 1. The topological polar surface area (TPSA) is 32.3 Å². The lowest BCUT2D eigenvalue weighted by molar-refractivity contribution is -0.124. The second-order valence-corrected chi connectivity index (χ2v) is 4.19. The molecule has 2 fully saturated rings. The van der Waals surface area contributed by atoms with Gasteiger partial charge in [-0.15, -0.1) is 0 Å². The highest BCUT2D eigenvalue weighted by atomic mass is 16.2. The van der Waals surface area contributed by atoms with Crippen molar-refractivity contribution < 1.29 is 4.79 Å². The van der Waals surface area contributed by atoms with E-state index in [4.69, 9.17) is 0 Å². The fraction of sp³-hybridized carbons (Fsp3) is 0.900. The fourth-order valence-corrected chi connectivity index (χ4v) is 2.40. The SMILES string of the molecule is CCN1CC2CCCC(C1)C(=O)N2. The molecule has 0 spiro atoms. The average molecular weight is 182 g/mol. The fourth-order valence-electron chi connectivity index (χ4n) is 2.40. The van der Waals surface area contributed by atoms with Crippen LogP contribution in [0.15, 0.2) is 0 Å². The predicted octanol–water partition coefficient (Wildman–Crippen LogP) is 0.607. The van der Waals surface area contributed by atoms with E-state index in [2.05, 4.69) is 17.1 Å².